The van der Waals surface area contributed by atoms with Gasteiger partial charge < -0.3 is 10.1 Å². The Hall–Kier alpha value is -1.55. The molecule has 104 valence electrons. The molecule has 0 unspecified atom stereocenters. The van der Waals surface area contributed by atoms with Gasteiger partial charge in [-0.1, -0.05) is 37.6 Å². The maximum absolute atomic E-state index is 12.1. The zero-order valence-electron chi connectivity index (χ0n) is 11.3. The van der Waals surface area contributed by atoms with Gasteiger partial charge in [0.05, 0.1) is 5.92 Å². The lowest BCUT2D eigenvalue weighted by molar-refractivity contribution is -0.150. The molecule has 19 heavy (non-hydrogen) atoms. The first kappa shape index (κ1) is 15.5. The standard InChI is InChI=1S/C14H18ClNO3/c1-9(2)13(10-4-6-11(15)7-5-10)14(18)19-8-12(17)16-3/h4-7,9,13H,8H2,1-3H3,(H,16,17)/t13-/m0/s1. The van der Waals surface area contributed by atoms with E-state index >= 15 is 0 Å². The molecule has 0 spiro atoms. The molecular weight excluding hydrogens is 266 g/mol. The maximum Gasteiger partial charge on any atom is 0.314 e. The molecule has 0 saturated heterocycles. The minimum atomic E-state index is -0.402. The second-order valence-electron chi connectivity index (χ2n) is 4.55. The molecule has 1 N–H and O–H groups in total. The number of hydrogen-bond acceptors (Lipinski definition) is 3. The normalized spacial score (nSPS) is 12.1. The van der Waals surface area contributed by atoms with Crippen LogP contribution in [-0.4, -0.2) is 25.5 Å². The van der Waals surface area contributed by atoms with E-state index in [9.17, 15) is 9.59 Å². The minimum absolute atomic E-state index is 0.0679. The van der Waals surface area contributed by atoms with Crippen LogP contribution >= 0.6 is 11.6 Å². The monoisotopic (exact) mass is 283 g/mol. The third-order valence-electron chi connectivity index (χ3n) is 2.77. The number of rotatable bonds is 5. The quantitative estimate of drug-likeness (QED) is 0.844. The van der Waals surface area contributed by atoms with Gasteiger partial charge in [0, 0.05) is 12.1 Å². The lowest BCUT2D eigenvalue weighted by Crippen LogP contribution is -2.28. The lowest BCUT2D eigenvalue weighted by Gasteiger charge is -2.19. The van der Waals surface area contributed by atoms with Crippen LogP contribution in [0.15, 0.2) is 24.3 Å². The van der Waals surface area contributed by atoms with E-state index in [2.05, 4.69) is 5.32 Å². The van der Waals surface area contributed by atoms with Gasteiger partial charge in [-0.15, -0.1) is 0 Å². The minimum Gasteiger partial charge on any atom is -0.455 e. The van der Waals surface area contributed by atoms with Crippen molar-refractivity contribution in [1.29, 1.82) is 0 Å². The van der Waals surface area contributed by atoms with E-state index in [0.29, 0.717) is 5.02 Å². The fourth-order valence-corrected chi connectivity index (χ4v) is 1.89. The summed E-state index contributed by atoms with van der Waals surface area (Å²) in [6, 6.07) is 7.07. The van der Waals surface area contributed by atoms with Gasteiger partial charge in [-0.2, -0.15) is 0 Å². The van der Waals surface area contributed by atoms with Gasteiger partial charge in [-0.25, -0.2) is 0 Å². The number of likely N-dealkylation sites (N-methyl/N-ethyl adjacent to an activating group) is 1. The molecule has 0 bridgehead atoms. The van der Waals surface area contributed by atoms with E-state index in [1.165, 1.54) is 7.05 Å². The van der Waals surface area contributed by atoms with Crippen LogP contribution in [0.3, 0.4) is 0 Å². The van der Waals surface area contributed by atoms with Crippen LogP contribution in [0.2, 0.25) is 5.02 Å². The van der Waals surface area contributed by atoms with Gasteiger partial charge in [0.25, 0.3) is 5.91 Å². The second kappa shape index (κ2) is 7.14. The van der Waals surface area contributed by atoms with E-state index in [1.54, 1.807) is 24.3 Å². The number of halogens is 1. The number of ether oxygens (including phenoxy) is 1. The molecule has 1 rings (SSSR count). The lowest BCUT2D eigenvalue weighted by atomic mass is 9.88. The Morgan fingerprint density at radius 1 is 1.26 bits per heavy atom. The molecule has 1 aromatic rings. The van der Waals surface area contributed by atoms with Gasteiger partial charge in [0.1, 0.15) is 0 Å². The van der Waals surface area contributed by atoms with Crippen LogP contribution in [0.1, 0.15) is 25.3 Å². The van der Waals surface area contributed by atoms with Gasteiger partial charge in [-0.3, -0.25) is 9.59 Å². The van der Waals surface area contributed by atoms with Crippen molar-refractivity contribution in [2.45, 2.75) is 19.8 Å². The molecule has 1 aromatic carbocycles. The summed E-state index contributed by atoms with van der Waals surface area (Å²) < 4.78 is 5.02. The molecule has 0 saturated carbocycles. The summed E-state index contributed by atoms with van der Waals surface area (Å²) in [6.45, 7) is 3.60. The van der Waals surface area contributed by atoms with Crippen LogP contribution in [-0.2, 0) is 14.3 Å². The topological polar surface area (TPSA) is 55.4 Å². The fourth-order valence-electron chi connectivity index (χ4n) is 1.76. The van der Waals surface area contributed by atoms with Crippen LogP contribution in [0, 0.1) is 5.92 Å². The summed E-state index contributed by atoms with van der Waals surface area (Å²) in [5.74, 6) is -1.06. The molecule has 5 heteroatoms. The summed E-state index contributed by atoms with van der Waals surface area (Å²) in [5, 5.41) is 3.02. The maximum atomic E-state index is 12.1. The Kier molecular flexibility index (Phi) is 5.83. The van der Waals surface area contributed by atoms with E-state index < -0.39 is 11.9 Å². The summed E-state index contributed by atoms with van der Waals surface area (Å²) in [4.78, 5) is 23.1. The number of esters is 1. The molecule has 0 aromatic heterocycles. The number of carbonyl (C=O) groups is 2. The van der Waals surface area contributed by atoms with Crippen LogP contribution < -0.4 is 5.32 Å². The van der Waals surface area contributed by atoms with Crippen molar-refractivity contribution in [3.8, 4) is 0 Å². The summed E-state index contributed by atoms with van der Waals surface area (Å²) in [6.07, 6.45) is 0. The molecule has 0 radical (unpaired) electrons. The Balaban J connectivity index is 2.80. The molecule has 1 atom stereocenters. The Labute approximate surface area is 118 Å². The zero-order valence-corrected chi connectivity index (χ0v) is 12.0. The van der Waals surface area contributed by atoms with Crippen molar-refractivity contribution in [3.63, 3.8) is 0 Å². The first-order chi connectivity index (χ1) is 8.95. The predicted molar refractivity (Wildman–Crippen MR) is 74.1 cm³/mol. The SMILES string of the molecule is CNC(=O)COC(=O)[C@H](c1ccc(Cl)cc1)C(C)C. The molecule has 0 heterocycles. The highest BCUT2D eigenvalue weighted by Crippen LogP contribution is 2.27. The third-order valence-corrected chi connectivity index (χ3v) is 3.03. The van der Waals surface area contributed by atoms with Crippen LogP contribution in [0.5, 0.6) is 0 Å². The molecule has 4 nitrogen and oxygen atoms in total. The molecule has 1 amide bonds. The molecule has 0 aliphatic carbocycles. The average Bonchev–Trinajstić information content (AvgIpc) is 2.38. The van der Waals surface area contributed by atoms with Crippen molar-refractivity contribution < 1.29 is 14.3 Å². The Morgan fingerprint density at radius 3 is 2.32 bits per heavy atom. The largest absolute Gasteiger partial charge is 0.455 e. The van der Waals surface area contributed by atoms with Crippen molar-refractivity contribution in [1.82, 2.24) is 5.32 Å². The summed E-state index contributed by atoms with van der Waals surface area (Å²) in [5.41, 5.74) is 0.835. The van der Waals surface area contributed by atoms with Crippen molar-refractivity contribution in [2.75, 3.05) is 13.7 Å². The van der Waals surface area contributed by atoms with Crippen molar-refractivity contribution >= 4 is 23.5 Å². The van der Waals surface area contributed by atoms with Crippen LogP contribution in [0.4, 0.5) is 0 Å². The van der Waals surface area contributed by atoms with Crippen molar-refractivity contribution in [2.24, 2.45) is 5.92 Å². The summed E-state index contributed by atoms with van der Waals surface area (Å²) >= 11 is 5.83. The smallest absolute Gasteiger partial charge is 0.314 e. The first-order valence-corrected chi connectivity index (χ1v) is 6.46. The summed E-state index contributed by atoms with van der Waals surface area (Å²) in [7, 11) is 1.50. The third kappa shape index (κ3) is 4.56. The van der Waals surface area contributed by atoms with Gasteiger partial charge in [-0.05, 0) is 23.6 Å². The fraction of sp³-hybridized carbons (Fsp3) is 0.429. The van der Waals surface area contributed by atoms with E-state index in [0.717, 1.165) is 5.56 Å². The highest BCUT2D eigenvalue weighted by molar-refractivity contribution is 6.30. The number of amides is 1. The zero-order chi connectivity index (χ0) is 14.4. The van der Waals surface area contributed by atoms with Crippen LogP contribution in [0.25, 0.3) is 0 Å². The molecule has 0 fully saturated rings. The molecular formula is C14H18ClNO3. The Morgan fingerprint density at radius 2 is 1.84 bits per heavy atom. The molecule has 0 aliphatic heterocycles. The average molecular weight is 284 g/mol. The number of carbonyl (C=O) groups excluding carboxylic acids is 2. The molecule has 0 aliphatic rings. The number of nitrogens with one attached hydrogen (secondary N) is 1. The number of hydrogen-bond donors (Lipinski definition) is 1. The van der Waals surface area contributed by atoms with E-state index in [-0.39, 0.29) is 18.4 Å². The van der Waals surface area contributed by atoms with E-state index in [4.69, 9.17) is 16.3 Å². The van der Waals surface area contributed by atoms with Gasteiger partial charge in [0.15, 0.2) is 6.61 Å². The van der Waals surface area contributed by atoms with E-state index in [1.807, 2.05) is 13.8 Å². The second-order valence-corrected chi connectivity index (χ2v) is 4.99. The van der Waals surface area contributed by atoms with Gasteiger partial charge >= 0.3 is 5.97 Å². The first-order valence-electron chi connectivity index (χ1n) is 6.08. The Bertz CT molecular complexity index is 443. The van der Waals surface area contributed by atoms with Crippen molar-refractivity contribution in [3.05, 3.63) is 34.9 Å². The van der Waals surface area contributed by atoms with Gasteiger partial charge in [0.2, 0.25) is 0 Å². The number of benzene rings is 1. The predicted octanol–water partition coefficient (Wildman–Crippen LogP) is 2.37. The highest BCUT2D eigenvalue weighted by Gasteiger charge is 2.26. The highest BCUT2D eigenvalue weighted by atomic mass is 35.5.